The zero-order chi connectivity index (χ0) is 22.0. The summed E-state index contributed by atoms with van der Waals surface area (Å²) in [6, 6.07) is 11.0. The van der Waals surface area contributed by atoms with Crippen LogP contribution >= 0.6 is 0 Å². The molecule has 0 bridgehead atoms. The van der Waals surface area contributed by atoms with E-state index in [4.69, 9.17) is 0 Å². The van der Waals surface area contributed by atoms with Crippen molar-refractivity contribution < 1.29 is 9.59 Å². The molecule has 0 aromatic heterocycles. The second-order valence-electron chi connectivity index (χ2n) is 9.92. The fourth-order valence-corrected chi connectivity index (χ4v) is 5.63. The molecule has 3 aliphatic rings. The van der Waals surface area contributed by atoms with E-state index in [2.05, 4.69) is 29.0 Å². The number of amides is 3. The maximum Gasteiger partial charge on any atom is 0.317 e. The topological polar surface area (TPSA) is 59.1 Å². The van der Waals surface area contributed by atoms with Gasteiger partial charge in [-0.1, -0.05) is 30.3 Å². The lowest BCUT2D eigenvalue weighted by atomic mass is 9.91. The molecular weight excluding hydrogens is 390 g/mol. The summed E-state index contributed by atoms with van der Waals surface area (Å²) in [5, 5.41) is 3.11. The Hall–Kier alpha value is -2.12. The molecular formula is C24H37N5O2. The van der Waals surface area contributed by atoms with E-state index in [0.29, 0.717) is 18.6 Å². The summed E-state index contributed by atoms with van der Waals surface area (Å²) < 4.78 is 0. The molecule has 0 spiro atoms. The first kappa shape index (κ1) is 22.1. The summed E-state index contributed by atoms with van der Waals surface area (Å²) in [4.78, 5) is 33.8. The van der Waals surface area contributed by atoms with E-state index < -0.39 is 0 Å². The first-order valence-electron chi connectivity index (χ1n) is 11.7. The van der Waals surface area contributed by atoms with E-state index in [1.54, 1.807) is 6.92 Å². The number of benzene rings is 1. The second-order valence-corrected chi connectivity index (χ2v) is 9.92. The van der Waals surface area contributed by atoms with Crippen LogP contribution in [-0.2, 0) is 11.3 Å². The van der Waals surface area contributed by atoms with E-state index in [-0.39, 0.29) is 17.5 Å². The van der Waals surface area contributed by atoms with Gasteiger partial charge in [0.1, 0.15) is 0 Å². The SMILES string of the molecule is CC(=O)N1CCC(N2CCN3C(CN(C(=O)NCc4ccccc4)CC3(C)C)C2)CC1. The van der Waals surface area contributed by atoms with Gasteiger partial charge in [0.25, 0.3) is 0 Å². The first-order chi connectivity index (χ1) is 14.8. The number of fused-ring (bicyclic) bond motifs is 1. The fraction of sp³-hybridized carbons (Fsp3) is 0.667. The van der Waals surface area contributed by atoms with E-state index in [1.165, 1.54) is 0 Å². The molecule has 31 heavy (non-hydrogen) atoms. The number of carbonyl (C=O) groups is 2. The van der Waals surface area contributed by atoms with Crippen LogP contribution in [0, 0.1) is 0 Å². The molecule has 3 saturated heterocycles. The molecule has 1 unspecified atom stereocenters. The first-order valence-corrected chi connectivity index (χ1v) is 11.7. The van der Waals surface area contributed by atoms with E-state index in [0.717, 1.165) is 64.2 Å². The van der Waals surface area contributed by atoms with E-state index >= 15 is 0 Å². The number of hydrogen-bond acceptors (Lipinski definition) is 4. The molecule has 4 rings (SSSR count). The Morgan fingerprint density at radius 2 is 1.68 bits per heavy atom. The highest BCUT2D eigenvalue weighted by Crippen LogP contribution is 2.30. The summed E-state index contributed by atoms with van der Waals surface area (Å²) in [6.07, 6.45) is 2.11. The molecule has 7 nitrogen and oxygen atoms in total. The Morgan fingerprint density at radius 1 is 0.968 bits per heavy atom. The van der Waals surface area contributed by atoms with Crippen LogP contribution in [0.4, 0.5) is 4.79 Å². The van der Waals surface area contributed by atoms with Gasteiger partial charge in [-0.2, -0.15) is 0 Å². The number of rotatable bonds is 3. The molecule has 3 fully saturated rings. The Kier molecular flexibility index (Phi) is 6.53. The molecule has 0 saturated carbocycles. The monoisotopic (exact) mass is 427 g/mol. The summed E-state index contributed by atoms with van der Waals surface area (Å²) in [5.74, 6) is 0.189. The molecule has 1 N–H and O–H groups in total. The molecule has 170 valence electrons. The summed E-state index contributed by atoms with van der Waals surface area (Å²) in [6.45, 7) is 13.1. The van der Waals surface area contributed by atoms with Crippen LogP contribution < -0.4 is 5.32 Å². The van der Waals surface area contributed by atoms with Gasteiger partial charge in [0, 0.05) is 76.9 Å². The van der Waals surface area contributed by atoms with Gasteiger partial charge < -0.3 is 15.1 Å². The maximum atomic E-state index is 13.0. The Labute approximate surface area is 186 Å². The quantitative estimate of drug-likeness (QED) is 0.802. The average Bonchev–Trinajstić information content (AvgIpc) is 2.77. The van der Waals surface area contributed by atoms with Gasteiger partial charge in [-0.15, -0.1) is 0 Å². The van der Waals surface area contributed by atoms with Crippen molar-refractivity contribution in [1.82, 2.24) is 24.9 Å². The smallest absolute Gasteiger partial charge is 0.317 e. The van der Waals surface area contributed by atoms with Crippen molar-refractivity contribution in [1.29, 1.82) is 0 Å². The highest BCUT2D eigenvalue weighted by atomic mass is 16.2. The van der Waals surface area contributed by atoms with Crippen LogP contribution in [0.2, 0.25) is 0 Å². The Morgan fingerprint density at radius 3 is 2.35 bits per heavy atom. The number of urea groups is 1. The second kappa shape index (κ2) is 9.17. The molecule has 0 radical (unpaired) electrons. The molecule has 0 aliphatic carbocycles. The fourth-order valence-electron chi connectivity index (χ4n) is 5.63. The third-order valence-corrected chi connectivity index (χ3v) is 7.30. The largest absolute Gasteiger partial charge is 0.343 e. The molecule has 1 atom stereocenters. The zero-order valence-corrected chi connectivity index (χ0v) is 19.2. The lowest BCUT2D eigenvalue weighted by molar-refractivity contribution is -0.130. The number of hydrogen-bond donors (Lipinski definition) is 1. The van der Waals surface area contributed by atoms with Crippen LogP contribution in [0.5, 0.6) is 0 Å². The standard InChI is InChI=1S/C24H37N5O2/c1-19(30)26-11-9-21(10-12-26)27-13-14-29-22(16-27)17-28(18-24(29,2)3)23(31)25-15-20-7-5-4-6-8-20/h4-8,21-22H,9-18H2,1-3H3,(H,25,31). The van der Waals surface area contributed by atoms with Crippen LogP contribution in [-0.4, -0.2) is 95.0 Å². The van der Waals surface area contributed by atoms with Crippen molar-refractivity contribution >= 4 is 11.9 Å². The normalized spacial score (nSPS) is 25.2. The third kappa shape index (κ3) is 5.04. The lowest BCUT2D eigenvalue weighted by Crippen LogP contribution is -2.71. The average molecular weight is 428 g/mol. The van der Waals surface area contributed by atoms with E-state index in [9.17, 15) is 9.59 Å². The minimum absolute atomic E-state index is 0.0307. The van der Waals surface area contributed by atoms with Crippen molar-refractivity contribution in [2.45, 2.75) is 57.8 Å². The number of nitrogens with zero attached hydrogens (tertiary/aromatic N) is 4. The summed E-state index contributed by atoms with van der Waals surface area (Å²) in [5.41, 5.74) is 1.09. The van der Waals surface area contributed by atoms with Gasteiger partial charge in [-0.3, -0.25) is 14.6 Å². The van der Waals surface area contributed by atoms with E-state index in [1.807, 2.05) is 40.1 Å². The molecule has 3 heterocycles. The predicted octanol–water partition coefficient (Wildman–Crippen LogP) is 1.99. The minimum atomic E-state index is -0.0307. The van der Waals surface area contributed by atoms with Crippen molar-refractivity contribution in [2.75, 3.05) is 45.8 Å². The van der Waals surface area contributed by atoms with Gasteiger partial charge in [-0.05, 0) is 32.3 Å². The van der Waals surface area contributed by atoms with Gasteiger partial charge in [0.05, 0.1) is 0 Å². The van der Waals surface area contributed by atoms with Crippen molar-refractivity contribution in [2.24, 2.45) is 0 Å². The predicted molar refractivity (Wildman–Crippen MR) is 122 cm³/mol. The molecule has 3 aliphatic heterocycles. The molecule has 3 amide bonds. The molecule has 7 heteroatoms. The van der Waals surface area contributed by atoms with Gasteiger partial charge >= 0.3 is 6.03 Å². The number of likely N-dealkylation sites (tertiary alicyclic amines) is 1. The van der Waals surface area contributed by atoms with Crippen molar-refractivity contribution in [3.63, 3.8) is 0 Å². The van der Waals surface area contributed by atoms with Crippen LogP contribution in [0.15, 0.2) is 30.3 Å². The number of piperidine rings is 1. The number of carbonyl (C=O) groups excluding carboxylic acids is 2. The molecule has 1 aromatic rings. The van der Waals surface area contributed by atoms with Crippen molar-refractivity contribution in [3.05, 3.63) is 35.9 Å². The van der Waals surface area contributed by atoms with Gasteiger partial charge in [-0.25, -0.2) is 4.79 Å². The maximum absolute atomic E-state index is 13.0. The summed E-state index contributed by atoms with van der Waals surface area (Å²) in [7, 11) is 0. The number of nitrogens with one attached hydrogen (secondary N) is 1. The van der Waals surface area contributed by atoms with Gasteiger partial charge in [0.15, 0.2) is 0 Å². The van der Waals surface area contributed by atoms with Crippen LogP contribution in [0.25, 0.3) is 0 Å². The third-order valence-electron chi connectivity index (χ3n) is 7.30. The Balaban J connectivity index is 1.35. The highest BCUT2D eigenvalue weighted by molar-refractivity contribution is 5.74. The zero-order valence-electron chi connectivity index (χ0n) is 19.2. The Bertz CT molecular complexity index is 775. The highest BCUT2D eigenvalue weighted by Gasteiger charge is 2.44. The van der Waals surface area contributed by atoms with Gasteiger partial charge in [0.2, 0.25) is 5.91 Å². The van der Waals surface area contributed by atoms with Crippen LogP contribution in [0.3, 0.4) is 0 Å². The number of piperazine rings is 2. The van der Waals surface area contributed by atoms with Crippen molar-refractivity contribution in [3.8, 4) is 0 Å². The lowest BCUT2D eigenvalue weighted by Gasteiger charge is -2.56. The summed E-state index contributed by atoms with van der Waals surface area (Å²) >= 11 is 0. The minimum Gasteiger partial charge on any atom is -0.343 e. The van der Waals surface area contributed by atoms with Crippen LogP contribution in [0.1, 0.15) is 39.2 Å². The molecule has 1 aromatic carbocycles.